The number of nitrogens with zero attached hydrogens (tertiary/aromatic N) is 1. The third kappa shape index (κ3) is 2.85. The largest absolute Gasteiger partial charge is 0.396 e. The Hall–Kier alpha value is -1.36. The highest BCUT2D eigenvalue weighted by molar-refractivity contribution is 5.93. The van der Waals surface area contributed by atoms with Gasteiger partial charge in [-0.3, -0.25) is 9.89 Å². The summed E-state index contributed by atoms with van der Waals surface area (Å²) in [6.45, 7) is 0.701. The number of amides is 1. The Morgan fingerprint density at radius 1 is 1.47 bits per heavy atom. The number of H-pyrrole nitrogens is 1. The summed E-state index contributed by atoms with van der Waals surface area (Å²) >= 11 is 0. The Bertz CT molecular complexity index is 356. The topological polar surface area (TPSA) is 78.0 Å². The highest BCUT2D eigenvalue weighted by Crippen LogP contribution is 2.35. The van der Waals surface area contributed by atoms with Crippen LogP contribution in [-0.4, -0.2) is 34.4 Å². The molecular weight excluding hydrogens is 218 g/mol. The molecular formula is C12H19N3O2. The van der Waals surface area contributed by atoms with Gasteiger partial charge in [0.1, 0.15) is 0 Å². The second-order valence-electron chi connectivity index (χ2n) is 4.89. The zero-order valence-electron chi connectivity index (χ0n) is 9.91. The summed E-state index contributed by atoms with van der Waals surface area (Å²) in [4.78, 5) is 11.8. The minimum absolute atomic E-state index is 0.113. The average Bonchev–Trinajstić information content (AvgIpc) is 2.91. The number of hydrogen-bond donors (Lipinski definition) is 3. The fraction of sp³-hybridized carbons (Fsp3) is 0.667. The average molecular weight is 237 g/mol. The van der Waals surface area contributed by atoms with Gasteiger partial charge in [-0.05, 0) is 12.8 Å². The standard InChI is InChI=1S/C12H19N3O2/c16-9-12(4-2-1-3-5-12)8-13-11(17)10-6-14-15-7-10/h6-7,16H,1-5,8-9H2,(H,13,17)(H,14,15). The van der Waals surface area contributed by atoms with E-state index in [1.54, 1.807) is 6.20 Å². The van der Waals surface area contributed by atoms with E-state index in [1.807, 2.05) is 0 Å². The summed E-state index contributed by atoms with van der Waals surface area (Å²) < 4.78 is 0. The van der Waals surface area contributed by atoms with Crippen molar-refractivity contribution in [1.29, 1.82) is 0 Å². The fourth-order valence-electron chi connectivity index (χ4n) is 2.44. The van der Waals surface area contributed by atoms with Crippen LogP contribution in [0.25, 0.3) is 0 Å². The Labute approximate surface area is 101 Å². The Kier molecular flexibility index (Phi) is 3.78. The normalized spacial score (nSPS) is 18.9. The molecule has 1 aromatic heterocycles. The molecule has 0 aliphatic heterocycles. The lowest BCUT2D eigenvalue weighted by Crippen LogP contribution is -2.41. The molecule has 0 radical (unpaired) electrons. The van der Waals surface area contributed by atoms with Crippen molar-refractivity contribution in [3.05, 3.63) is 18.0 Å². The molecule has 1 aliphatic carbocycles. The number of aromatic amines is 1. The molecule has 94 valence electrons. The molecule has 0 spiro atoms. The van der Waals surface area contributed by atoms with E-state index in [2.05, 4.69) is 15.5 Å². The summed E-state index contributed by atoms with van der Waals surface area (Å²) in [5.74, 6) is -0.128. The first-order chi connectivity index (χ1) is 8.26. The number of carbonyl (C=O) groups is 1. The van der Waals surface area contributed by atoms with Crippen molar-refractivity contribution in [2.75, 3.05) is 13.2 Å². The van der Waals surface area contributed by atoms with Crippen molar-refractivity contribution < 1.29 is 9.90 Å². The zero-order valence-corrected chi connectivity index (χ0v) is 9.91. The number of rotatable bonds is 4. The van der Waals surface area contributed by atoms with Gasteiger partial charge in [0, 0.05) is 18.2 Å². The van der Waals surface area contributed by atoms with Crippen LogP contribution in [-0.2, 0) is 0 Å². The van der Waals surface area contributed by atoms with Crippen LogP contribution in [0.2, 0.25) is 0 Å². The Balaban J connectivity index is 1.89. The van der Waals surface area contributed by atoms with E-state index < -0.39 is 0 Å². The van der Waals surface area contributed by atoms with Gasteiger partial charge in [0.15, 0.2) is 0 Å². The van der Waals surface area contributed by atoms with Crippen molar-refractivity contribution in [3.8, 4) is 0 Å². The van der Waals surface area contributed by atoms with Gasteiger partial charge in [-0.2, -0.15) is 5.10 Å². The van der Waals surface area contributed by atoms with Crippen LogP contribution in [0.5, 0.6) is 0 Å². The molecule has 0 saturated heterocycles. The summed E-state index contributed by atoms with van der Waals surface area (Å²) in [6, 6.07) is 0. The maximum absolute atomic E-state index is 11.8. The van der Waals surface area contributed by atoms with E-state index in [0.29, 0.717) is 12.1 Å². The molecule has 0 unspecified atom stereocenters. The van der Waals surface area contributed by atoms with E-state index in [-0.39, 0.29) is 17.9 Å². The predicted molar refractivity (Wildman–Crippen MR) is 63.5 cm³/mol. The first kappa shape index (κ1) is 12.1. The summed E-state index contributed by atoms with van der Waals surface area (Å²) in [5.41, 5.74) is 0.423. The third-order valence-corrected chi connectivity index (χ3v) is 3.63. The SMILES string of the molecule is O=C(NCC1(CO)CCCCC1)c1cn[nH]c1. The minimum Gasteiger partial charge on any atom is -0.396 e. The molecule has 0 aromatic carbocycles. The number of aliphatic hydroxyl groups excluding tert-OH is 1. The molecule has 5 heteroatoms. The van der Waals surface area contributed by atoms with Gasteiger partial charge in [-0.25, -0.2) is 0 Å². The molecule has 0 atom stereocenters. The molecule has 1 amide bonds. The summed E-state index contributed by atoms with van der Waals surface area (Å²) in [5, 5.41) is 18.8. The second kappa shape index (κ2) is 5.31. The highest BCUT2D eigenvalue weighted by Gasteiger charge is 2.31. The van der Waals surface area contributed by atoms with E-state index in [0.717, 1.165) is 25.7 Å². The molecule has 1 aromatic rings. The van der Waals surface area contributed by atoms with Crippen LogP contribution >= 0.6 is 0 Å². The van der Waals surface area contributed by atoms with Crippen LogP contribution in [0.3, 0.4) is 0 Å². The van der Waals surface area contributed by atoms with E-state index >= 15 is 0 Å². The maximum atomic E-state index is 11.8. The van der Waals surface area contributed by atoms with Crippen molar-refractivity contribution in [1.82, 2.24) is 15.5 Å². The number of hydrogen-bond acceptors (Lipinski definition) is 3. The van der Waals surface area contributed by atoms with Gasteiger partial charge >= 0.3 is 0 Å². The van der Waals surface area contributed by atoms with Gasteiger partial charge < -0.3 is 10.4 Å². The van der Waals surface area contributed by atoms with Gasteiger partial charge in [-0.1, -0.05) is 19.3 Å². The van der Waals surface area contributed by atoms with Crippen LogP contribution < -0.4 is 5.32 Å². The molecule has 17 heavy (non-hydrogen) atoms. The first-order valence-electron chi connectivity index (χ1n) is 6.14. The third-order valence-electron chi connectivity index (χ3n) is 3.63. The Morgan fingerprint density at radius 3 is 2.82 bits per heavy atom. The van der Waals surface area contributed by atoms with Gasteiger partial charge in [-0.15, -0.1) is 0 Å². The molecule has 1 fully saturated rings. The molecule has 1 aliphatic rings. The number of aliphatic hydroxyl groups is 1. The van der Waals surface area contributed by atoms with Crippen molar-refractivity contribution in [2.45, 2.75) is 32.1 Å². The van der Waals surface area contributed by atoms with E-state index in [1.165, 1.54) is 12.6 Å². The molecule has 3 N–H and O–H groups in total. The van der Waals surface area contributed by atoms with Crippen molar-refractivity contribution >= 4 is 5.91 Å². The number of carbonyl (C=O) groups excluding carboxylic acids is 1. The molecule has 1 saturated carbocycles. The number of nitrogens with one attached hydrogen (secondary N) is 2. The quantitative estimate of drug-likeness (QED) is 0.733. The summed E-state index contributed by atoms with van der Waals surface area (Å²) in [7, 11) is 0. The van der Waals surface area contributed by atoms with Crippen molar-refractivity contribution in [3.63, 3.8) is 0 Å². The van der Waals surface area contributed by atoms with Crippen molar-refractivity contribution in [2.24, 2.45) is 5.41 Å². The zero-order chi connectivity index (χ0) is 12.1. The van der Waals surface area contributed by atoms with E-state index in [4.69, 9.17) is 0 Å². The Morgan fingerprint density at radius 2 is 2.24 bits per heavy atom. The van der Waals surface area contributed by atoms with Crippen LogP contribution in [0.1, 0.15) is 42.5 Å². The lowest BCUT2D eigenvalue weighted by atomic mass is 9.74. The van der Waals surface area contributed by atoms with Crippen LogP contribution in [0.15, 0.2) is 12.4 Å². The summed E-state index contributed by atoms with van der Waals surface area (Å²) in [6.07, 6.45) is 8.58. The van der Waals surface area contributed by atoms with Gasteiger partial charge in [0.2, 0.25) is 0 Å². The predicted octanol–water partition coefficient (Wildman–Crippen LogP) is 1.08. The molecule has 1 heterocycles. The smallest absolute Gasteiger partial charge is 0.254 e. The van der Waals surface area contributed by atoms with Crippen LogP contribution in [0, 0.1) is 5.41 Å². The van der Waals surface area contributed by atoms with Gasteiger partial charge in [0.25, 0.3) is 5.91 Å². The fourth-order valence-corrected chi connectivity index (χ4v) is 2.44. The molecule has 0 bridgehead atoms. The highest BCUT2D eigenvalue weighted by atomic mass is 16.3. The minimum atomic E-state index is -0.128. The molecule has 5 nitrogen and oxygen atoms in total. The first-order valence-corrected chi connectivity index (χ1v) is 6.14. The second-order valence-corrected chi connectivity index (χ2v) is 4.89. The molecule has 2 rings (SSSR count). The van der Waals surface area contributed by atoms with E-state index in [9.17, 15) is 9.90 Å². The lowest BCUT2D eigenvalue weighted by Gasteiger charge is -2.35. The number of aromatic nitrogens is 2. The van der Waals surface area contributed by atoms with Crippen LogP contribution in [0.4, 0.5) is 0 Å². The monoisotopic (exact) mass is 237 g/mol. The van der Waals surface area contributed by atoms with Gasteiger partial charge in [0.05, 0.1) is 18.4 Å². The lowest BCUT2D eigenvalue weighted by molar-refractivity contribution is 0.0718. The maximum Gasteiger partial charge on any atom is 0.254 e.